The van der Waals surface area contributed by atoms with Crippen molar-refractivity contribution in [2.75, 3.05) is 19.8 Å². The van der Waals surface area contributed by atoms with E-state index in [1.807, 2.05) is 0 Å². The van der Waals surface area contributed by atoms with E-state index in [4.69, 9.17) is 0 Å². The van der Waals surface area contributed by atoms with Crippen molar-refractivity contribution in [2.45, 2.75) is 18.9 Å². The molecule has 1 aliphatic rings. The molecule has 1 saturated heterocycles. The van der Waals surface area contributed by atoms with E-state index >= 15 is 0 Å². The van der Waals surface area contributed by atoms with E-state index in [9.17, 15) is 9.50 Å². The average molecular weight is 147 g/mol. The quantitative estimate of drug-likeness (QED) is 0.589. The van der Waals surface area contributed by atoms with Gasteiger partial charge in [0.05, 0.1) is 12.8 Å². The van der Waals surface area contributed by atoms with Crippen molar-refractivity contribution in [2.24, 2.45) is 5.92 Å². The zero-order valence-corrected chi connectivity index (χ0v) is 6.02. The van der Waals surface area contributed by atoms with Crippen molar-refractivity contribution in [1.82, 2.24) is 5.32 Å². The smallest absolute Gasteiger partial charge is 0.0898 e. The van der Waals surface area contributed by atoms with Crippen molar-refractivity contribution >= 4 is 0 Å². The summed E-state index contributed by atoms with van der Waals surface area (Å²) in [6, 6.07) is 0. The van der Waals surface area contributed by atoms with Crippen molar-refractivity contribution in [3.8, 4) is 0 Å². The number of aliphatic hydroxyl groups is 1. The van der Waals surface area contributed by atoms with Gasteiger partial charge in [-0.3, -0.25) is 4.39 Å². The molecule has 2 nitrogen and oxygen atoms in total. The highest BCUT2D eigenvalue weighted by Crippen LogP contribution is 2.14. The molecule has 2 atom stereocenters. The molecule has 0 radical (unpaired) electrons. The molecular formula is C7H14FNO. The summed E-state index contributed by atoms with van der Waals surface area (Å²) in [4.78, 5) is 0. The zero-order chi connectivity index (χ0) is 7.40. The van der Waals surface area contributed by atoms with Gasteiger partial charge in [-0.05, 0) is 25.3 Å². The molecule has 0 unspecified atom stereocenters. The van der Waals surface area contributed by atoms with Crippen LogP contribution in [0.4, 0.5) is 4.39 Å². The number of hydrogen-bond acceptors (Lipinski definition) is 2. The summed E-state index contributed by atoms with van der Waals surface area (Å²) in [5, 5.41) is 12.4. The molecule has 1 rings (SSSR count). The van der Waals surface area contributed by atoms with Gasteiger partial charge in [0.25, 0.3) is 0 Å². The first-order valence-corrected chi connectivity index (χ1v) is 3.79. The molecule has 0 aromatic rings. The summed E-state index contributed by atoms with van der Waals surface area (Å²) >= 11 is 0. The fraction of sp³-hybridized carbons (Fsp3) is 1.00. The summed E-state index contributed by atoms with van der Waals surface area (Å²) in [6.45, 7) is 1.32. The van der Waals surface area contributed by atoms with E-state index in [0.717, 1.165) is 19.5 Å². The third-order valence-corrected chi connectivity index (χ3v) is 2.05. The lowest BCUT2D eigenvalue weighted by Gasteiger charge is -2.27. The second-order valence-electron chi connectivity index (χ2n) is 2.80. The Morgan fingerprint density at radius 2 is 2.40 bits per heavy atom. The van der Waals surface area contributed by atoms with Crippen LogP contribution < -0.4 is 5.32 Å². The van der Waals surface area contributed by atoms with Crippen LogP contribution in [0.3, 0.4) is 0 Å². The maximum atomic E-state index is 11.8. The fourth-order valence-corrected chi connectivity index (χ4v) is 1.34. The van der Waals surface area contributed by atoms with Crippen LogP contribution >= 0.6 is 0 Å². The van der Waals surface area contributed by atoms with Gasteiger partial charge in [0.1, 0.15) is 0 Å². The average Bonchev–Trinajstić information content (AvgIpc) is 1.94. The minimum atomic E-state index is -0.316. The van der Waals surface area contributed by atoms with E-state index in [2.05, 4.69) is 5.32 Å². The molecule has 0 aromatic carbocycles. The second kappa shape index (κ2) is 3.88. The number of nitrogens with one attached hydrogen (secondary N) is 1. The molecule has 0 saturated carbocycles. The molecule has 0 aromatic heterocycles. The highest BCUT2D eigenvalue weighted by molar-refractivity contribution is 4.76. The minimum Gasteiger partial charge on any atom is -0.393 e. The van der Waals surface area contributed by atoms with Crippen molar-refractivity contribution in [3.63, 3.8) is 0 Å². The van der Waals surface area contributed by atoms with Crippen LogP contribution in [-0.2, 0) is 0 Å². The van der Waals surface area contributed by atoms with Crippen LogP contribution in [0.15, 0.2) is 0 Å². The first kappa shape index (κ1) is 7.95. The first-order chi connectivity index (χ1) is 4.84. The predicted molar refractivity (Wildman–Crippen MR) is 37.6 cm³/mol. The molecular weight excluding hydrogens is 133 g/mol. The van der Waals surface area contributed by atoms with E-state index < -0.39 is 0 Å². The molecule has 0 spiro atoms. The largest absolute Gasteiger partial charge is 0.393 e. The van der Waals surface area contributed by atoms with E-state index in [1.165, 1.54) is 0 Å². The van der Waals surface area contributed by atoms with Gasteiger partial charge in [-0.2, -0.15) is 0 Å². The zero-order valence-electron chi connectivity index (χ0n) is 6.02. The monoisotopic (exact) mass is 147 g/mol. The topological polar surface area (TPSA) is 32.3 Å². The number of rotatable bonds is 2. The van der Waals surface area contributed by atoms with Crippen LogP contribution in [0.1, 0.15) is 12.8 Å². The molecule has 10 heavy (non-hydrogen) atoms. The van der Waals surface area contributed by atoms with Crippen molar-refractivity contribution in [1.29, 1.82) is 0 Å². The Hall–Kier alpha value is -0.150. The Balaban J connectivity index is 2.25. The molecule has 60 valence electrons. The molecule has 2 N–H and O–H groups in total. The lowest BCUT2D eigenvalue weighted by molar-refractivity contribution is 0.0707. The maximum Gasteiger partial charge on any atom is 0.0898 e. The first-order valence-electron chi connectivity index (χ1n) is 3.79. The SMILES string of the molecule is O[C@H]1CCNC[C@H]1CCF. The summed E-state index contributed by atoms with van der Waals surface area (Å²) < 4.78 is 11.8. The highest BCUT2D eigenvalue weighted by atomic mass is 19.1. The Morgan fingerprint density at radius 1 is 1.60 bits per heavy atom. The van der Waals surface area contributed by atoms with Crippen LogP contribution in [0.2, 0.25) is 0 Å². The third kappa shape index (κ3) is 1.92. The van der Waals surface area contributed by atoms with Crippen LogP contribution in [0, 0.1) is 5.92 Å². The molecule has 3 heteroatoms. The van der Waals surface area contributed by atoms with Gasteiger partial charge >= 0.3 is 0 Å². The number of halogens is 1. The van der Waals surface area contributed by atoms with Gasteiger partial charge in [-0.1, -0.05) is 0 Å². The maximum absolute atomic E-state index is 11.8. The van der Waals surface area contributed by atoms with E-state index in [1.54, 1.807) is 0 Å². The normalized spacial score (nSPS) is 34.2. The highest BCUT2D eigenvalue weighted by Gasteiger charge is 2.21. The minimum absolute atomic E-state index is 0.138. The van der Waals surface area contributed by atoms with Crippen LogP contribution in [0.5, 0.6) is 0 Å². The fourth-order valence-electron chi connectivity index (χ4n) is 1.34. The molecule has 0 amide bonds. The summed E-state index contributed by atoms with van der Waals surface area (Å²) in [7, 11) is 0. The third-order valence-electron chi connectivity index (χ3n) is 2.05. The predicted octanol–water partition coefficient (Wildman–Crippen LogP) is 0.316. The Labute approximate surface area is 60.4 Å². The number of piperidine rings is 1. The molecule has 0 aliphatic carbocycles. The lowest BCUT2D eigenvalue weighted by atomic mass is 9.94. The van der Waals surface area contributed by atoms with Crippen molar-refractivity contribution in [3.05, 3.63) is 0 Å². The Kier molecular flexibility index (Phi) is 3.09. The number of alkyl halides is 1. The number of hydrogen-bond donors (Lipinski definition) is 2. The van der Waals surface area contributed by atoms with E-state index in [0.29, 0.717) is 6.42 Å². The molecule has 1 fully saturated rings. The van der Waals surface area contributed by atoms with Gasteiger partial charge in [0.2, 0.25) is 0 Å². The molecule has 0 bridgehead atoms. The van der Waals surface area contributed by atoms with Gasteiger partial charge in [0.15, 0.2) is 0 Å². The van der Waals surface area contributed by atoms with Crippen LogP contribution in [-0.4, -0.2) is 31.0 Å². The van der Waals surface area contributed by atoms with Crippen LogP contribution in [0.25, 0.3) is 0 Å². The standard InChI is InChI=1S/C7H14FNO/c8-3-1-6-5-9-4-2-7(6)10/h6-7,9-10H,1-5H2/t6-,7+/m1/s1. The molecule has 1 heterocycles. The van der Waals surface area contributed by atoms with Gasteiger partial charge < -0.3 is 10.4 Å². The van der Waals surface area contributed by atoms with Gasteiger partial charge in [-0.15, -0.1) is 0 Å². The van der Waals surface area contributed by atoms with Gasteiger partial charge in [-0.25, -0.2) is 0 Å². The van der Waals surface area contributed by atoms with Crippen molar-refractivity contribution < 1.29 is 9.50 Å². The summed E-state index contributed by atoms with van der Waals surface area (Å²) in [5.74, 6) is 0.138. The van der Waals surface area contributed by atoms with Gasteiger partial charge in [0, 0.05) is 6.54 Å². The Bertz CT molecular complexity index is 97.6. The van der Waals surface area contributed by atoms with E-state index in [-0.39, 0.29) is 18.7 Å². The lowest BCUT2D eigenvalue weighted by Crippen LogP contribution is -2.39. The molecule has 1 aliphatic heterocycles. The second-order valence-corrected chi connectivity index (χ2v) is 2.80. The number of aliphatic hydroxyl groups excluding tert-OH is 1. The Morgan fingerprint density at radius 3 is 3.00 bits per heavy atom. The summed E-state index contributed by atoms with van der Waals surface area (Å²) in [6.07, 6.45) is 0.982. The summed E-state index contributed by atoms with van der Waals surface area (Å²) in [5.41, 5.74) is 0.